The van der Waals surface area contributed by atoms with Crippen LogP contribution < -0.4 is 5.73 Å². The van der Waals surface area contributed by atoms with E-state index in [-0.39, 0.29) is 16.0 Å². The summed E-state index contributed by atoms with van der Waals surface area (Å²) in [6.07, 6.45) is -1.18. The van der Waals surface area contributed by atoms with E-state index in [0.717, 1.165) is 19.3 Å². The molecule has 2 nitrogen and oxygen atoms in total. The van der Waals surface area contributed by atoms with E-state index in [9.17, 15) is 13.2 Å². The number of benzene rings is 1. The second kappa shape index (κ2) is 6.67. The molecular weight excluding hydrogens is 344 g/mol. The van der Waals surface area contributed by atoms with Gasteiger partial charge >= 0.3 is 6.18 Å². The number of nitrogens with zero attached hydrogens (tertiary/aromatic N) is 1. The van der Waals surface area contributed by atoms with Gasteiger partial charge in [-0.05, 0) is 25.0 Å². The highest BCUT2D eigenvalue weighted by atomic mass is 35.5. The number of nitrogens with two attached hydrogens (primary N) is 1. The number of halogens is 5. The molecule has 1 aliphatic rings. The molecule has 1 aliphatic carbocycles. The van der Waals surface area contributed by atoms with E-state index < -0.39 is 11.9 Å². The van der Waals surface area contributed by atoms with Crippen LogP contribution >= 0.6 is 35.0 Å². The van der Waals surface area contributed by atoms with E-state index in [4.69, 9.17) is 28.9 Å². The summed E-state index contributed by atoms with van der Waals surface area (Å²) in [6.45, 7) is 0. The van der Waals surface area contributed by atoms with Crippen molar-refractivity contribution in [2.45, 2.75) is 30.3 Å². The smallest absolute Gasteiger partial charge is 0.387 e. The van der Waals surface area contributed by atoms with Crippen molar-refractivity contribution in [3.63, 3.8) is 0 Å². The van der Waals surface area contributed by atoms with Crippen molar-refractivity contribution >= 4 is 46.5 Å². The Morgan fingerprint density at radius 3 is 2.48 bits per heavy atom. The predicted molar refractivity (Wildman–Crippen MR) is 81.9 cm³/mol. The largest absolute Gasteiger partial charge is 0.398 e. The van der Waals surface area contributed by atoms with Gasteiger partial charge in [-0.2, -0.15) is 13.2 Å². The zero-order valence-electron chi connectivity index (χ0n) is 10.9. The molecule has 1 saturated carbocycles. The molecule has 0 unspecified atom stereocenters. The average molecular weight is 357 g/mol. The molecular formula is C13H13Cl2F3N2S. The first kappa shape index (κ1) is 16.8. The first-order valence-corrected chi connectivity index (χ1v) is 8.03. The Morgan fingerprint density at radius 1 is 1.29 bits per heavy atom. The van der Waals surface area contributed by atoms with Gasteiger partial charge in [-0.3, -0.25) is 0 Å². The average Bonchev–Trinajstić information content (AvgIpc) is 2.27. The molecule has 0 aliphatic heterocycles. The second-order valence-corrected chi connectivity index (χ2v) is 6.63. The lowest BCUT2D eigenvalue weighted by Gasteiger charge is -2.24. The summed E-state index contributed by atoms with van der Waals surface area (Å²) in [5.41, 5.74) is 6.24. The van der Waals surface area contributed by atoms with Crippen molar-refractivity contribution in [3.05, 3.63) is 22.2 Å². The number of rotatable bonds is 4. The van der Waals surface area contributed by atoms with Crippen LogP contribution in [-0.2, 0) is 0 Å². The fraction of sp³-hybridized carbons (Fsp3) is 0.462. The fourth-order valence-corrected chi connectivity index (χ4v) is 3.11. The molecule has 0 bridgehead atoms. The molecule has 116 valence electrons. The normalized spacial score (nSPS) is 16.9. The number of alkyl halides is 3. The highest BCUT2D eigenvalue weighted by Crippen LogP contribution is 2.39. The van der Waals surface area contributed by atoms with E-state index in [1.807, 2.05) is 0 Å². The van der Waals surface area contributed by atoms with E-state index in [1.54, 1.807) is 0 Å². The topological polar surface area (TPSA) is 38.4 Å². The van der Waals surface area contributed by atoms with E-state index in [1.165, 1.54) is 12.1 Å². The summed E-state index contributed by atoms with van der Waals surface area (Å²) >= 11 is 12.5. The number of aliphatic imine (C=N–C) groups is 1. The fourth-order valence-electron chi connectivity index (χ4n) is 1.81. The lowest BCUT2D eigenvalue weighted by Crippen LogP contribution is -2.28. The maximum atomic E-state index is 12.3. The van der Waals surface area contributed by atoms with Crippen molar-refractivity contribution in [1.82, 2.24) is 0 Å². The van der Waals surface area contributed by atoms with E-state index in [0.29, 0.717) is 28.2 Å². The van der Waals surface area contributed by atoms with Crippen LogP contribution in [0.1, 0.15) is 19.3 Å². The van der Waals surface area contributed by atoms with Crippen molar-refractivity contribution in [2.24, 2.45) is 16.6 Å². The standard InChI is InChI=1S/C13H13Cl2F3N2S/c14-8-4-9(15)11(21-6-13(16,17)18)5-10(8)20-12(19)7-2-1-3-7/h4-5,7H,1-3,6H2,(H2,19,20). The Labute approximate surface area is 134 Å². The third kappa shape index (κ3) is 4.69. The number of thioether (sulfide) groups is 1. The van der Waals surface area contributed by atoms with Gasteiger partial charge in [0.2, 0.25) is 0 Å². The summed E-state index contributed by atoms with van der Waals surface area (Å²) in [4.78, 5) is 4.53. The van der Waals surface area contributed by atoms with Gasteiger partial charge < -0.3 is 5.73 Å². The van der Waals surface area contributed by atoms with Crippen LogP contribution in [-0.4, -0.2) is 17.8 Å². The molecule has 0 atom stereocenters. The molecule has 1 aromatic carbocycles. The van der Waals surface area contributed by atoms with Gasteiger partial charge in [-0.1, -0.05) is 29.6 Å². The predicted octanol–water partition coefficient (Wildman–Crippen LogP) is 5.44. The molecule has 0 saturated heterocycles. The Bertz CT molecular complexity index is 557. The second-order valence-electron chi connectivity index (χ2n) is 4.80. The van der Waals surface area contributed by atoms with Gasteiger partial charge in [-0.25, -0.2) is 4.99 Å². The van der Waals surface area contributed by atoms with E-state index in [2.05, 4.69) is 4.99 Å². The third-order valence-corrected chi connectivity index (χ3v) is 5.01. The molecule has 0 heterocycles. The minimum absolute atomic E-state index is 0.176. The molecule has 1 fully saturated rings. The molecule has 0 spiro atoms. The van der Waals surface area contributed by atoms with Crippen molar-refractivity contribution in [2.75, 3.05) is 5.75 Å². The molecule has 1 aromatic rings. The molecule has 2 rings (SSSR count). The van der Waals surface area contributed by atoms with Gasteiger partial charge in [0, 0.05) is 10.8 Å². The summed E-state index contributed by atoms with van der Waals surface area (Å²) in [5, 5.41) is 0.453. The maximum Gasteiger partial charge on any atom is 0.398 e. The lowest BCUT2D eigenvalue weighted by molar-refractivity contribution is -0.105. The van der Waals surface area contributed by atoms with Crippen LogP contribution in [0.25, 0.3) is 0 Å². The van der Waals surface area contributed by atoms with E-state index >= 15 is 0 Å². The zero-order valence-corrected chi connectivity index (χ0v) is 13.2. The van der Waals surface area contributed by atoms with Crippen LogP contribution in [0.15, 0.2) is 22.0 Å². The van der Waals surface area contributed by atoms with Crippen LogP contribution in [0.2, 0.25) is 10.0 Å². The first-order chi connectivity index (χ1) is 9.76. The molecule has 0 radical (unpaired) electrons. The summed E-state index contributed by atoms with van der Waals surface area (Å²) < 4.78 is 36.9. The lowest BCUT2D eigenvalue weighted by atomic mass is 9.84. The highest BCUT2D eigenvalue weighted by molar-refractivity contribution is 7.99. The van der Waals surface area contributed by atoms with Gasteiger partial charge in [0.05, 0.1) is 21.5 Å². The Kier molecular flexibility index (Phi) is 5.33. The molecule has 0 aromatic heterocycles. The Balaban J connectivity index is 2.21. The molecule has 8 heteroatoms. The quantitative estimate of drug-likeness (QED) is 0.443. The minimum Gasteiger partial charge on any atom is -0.387 e. The monoisotopic (exact) mass is 356 g/mol. The van der Waals surface area contributed by atoms with Crippen LogP contribution in [0.4, 0.5) is 18.9 Å². The first-order valence-electron chi connectivity index (χ1n) is 6.29. The zero-order chi connectivity index (χ0) is 15.6. The Morgan fingerprint density at radius 2 is 1.95 bits per heavy atom. The van der Waals surface area contributed by atoms with Crippen molar-refractivity contribution in [3.8, 4) is 0 Å². The van der Waals surface area contributed by atoms with Crippen molar-refractivity contribution in [1.29, 1.82) is 0 Å². The van der Waals surface area contributed by atoms with Crippen LogP contribution in [0.5, 0.6) is 0 Å². The van der Waals surface area contributed by atoms with Crippen LogP contribution in [0, 0.1) is 5.92 Å². The SMILES string of the molecule is N/C(=N\c1cc(SCC(F)(F)F)c(Cl)cc1Cl)C1CCC1. The van der Waals surface area contributed by atoms with Gasteiger partial charge in [0.25, 0.3) is 0 Å². The summed E-state index contributed by atoms with van der Waals surface area (Å²) in [6, 6.07) is 2.85. The van der Waals surface area contributed by atoms with Gasteiger partial charge in [-0.15, -0.1) is 11.8 Å². The summed E-state index contributed by atoms with van der Waals surface area (Å²) in [7, 11) is 0. The van der Waals surface area contributed by atoms with Crippen molar-refractivity contribution < 1.29 is 13.2 Å². The number of hydrogen-bond acceptors (Lipinski definition) is 2. The Hall–Kier alpha value is -0.590. The van der Waals surface area contributed by atoms with Crippen LogP contribution in [0.3, 0.4) is 0 Å². The molecule has 0 amide bonds. The molecule has 2 N–H and O–H groups in total. The van der Waals surface area contributed by atoms with Gasteiger partial charge in [0.15, 0.2) is 0 Å². The summed E-state index contributed by atoms with van der Waals surface area (Å²) in [5.74, 6) is -0.310. The third-order valence-electron chi connectivity index (χ3n) is 3.17. The number of amidine groups is 1. The highest BCUT2D eigenvalue weighted by Gasteiger charge is 2.28. The maximum absolute atomic E-state index is 12.3. The number of hydrogen-bond donors (Lipinski definition) is 1. The minimum atomic E-state index is -4.26. The molecule has 21 heavy (non-hydrogen) atoms. The van der Waals surface area contributed by atoms with Gasteiger partial charge in [0.1, 0.15) is 5.84 Å².